The van der Waals surface area contributed by atoms with Gasteiger partial charge in [0.25, 0.3) is 0 Å². The van der Waals surface area contributed by atoms with E-state index in [4.69, 9.17) is 16.3 Å². The van der Waals surface area contributed by atoms with E-state index in [9.17, 15) is 9.59 Å². The monoisotopic (exact) mass is 259 g/mol. The topological polar surface area (TPSA) is 46.6 Å². The van der Waals surface area contributed by atoms with Crippen LogP contribution in [0.15, 0.2) is 0 Å². The van der Waals surface area contributed by atoms with Crippen LogP contribution in [0.2, 0.25) is 0 Å². The Kier molecular flexibility index (Phi) is 3.10. The van der Waals surface area contributed by atoms with Crippen molar-refractivity contribution in [3.63, 3.8) is 0 Å². The highest BCUT2D eigenvalue weighted by atomic mass is 35.5. The van der Waals surface area contributed by atoms with Gasteiger partial charge in [-0.25, -0.2) is 4.79 Å². The molecule has 0 aliphatic carbocycles. The van der Waals surface area contributed by atoms with E-state index < -0.39 is 11.0 Å². The molecule has 4 nitrogen and oxygen atoms in total. The Morgan fingerprint density at radius 2 is 2.06 bits per heavy atom. The van der Waals surface area contributed by atoms with Crippen LogP contribution in [0.4, 0.5) is 4.79 Å². The molecule has 2 saturated heterocycles. The van der Waals surface area contributed by atoms with Crippen LogP contribution in [0.5, 0.6) is 0 Å². The highest BCUT2D eigenvalue weighted by molar-refractivity contribution is 6.32. The summed E-state index contributed by atoms with van der Waals surface area (Å²) in [5.74, 6) is 0.0546. The number of amides is 1. The van der Waals surface area contributed by atoms with Gasteiger partial charge in [-0.2, -0.15) is 0 Å². The van der Waals surface area contributed by atoms with Gasteiger partial charge in [0.15, 0.2) is 5.78 Å². The molecule has 0 aromatic carbocycles. The molecular weight excluding hydrogens is 242 g/mol. The first kappa shape index (κ1) is 12.7. The minimum absolute atomic E-state index is 0.0163. The van der Waals surface area contributed by atoms with Crippen LogP contribution in [0.1, 0.15) is 40.0 Å². The number of piperidine rings is 1. The Morgan fingerprint density at radius 3 is 2.65 bits per heavy atom. The standard InChI is InChI=1S/C12H18ClNO3/c1-12(2,3)17-11(16)14-7-4-5-8(14)10(13)9(15)6-7/h7-8,10H,4-6H2,1-3H3. The van der Waals surface area contributed by atoms with Gasteiger partial charge in [-0.05, 0) is 33.6 Å². The van der Waals surface area contributed by atoms with Crippen LogP contribution in [-0.2, 0) is 9.53 Å². The number of alkyl halides is 1. The molecule has 0 saturated carbocycles. The fourth-order valence-electron chi connectivity index (χ4n) is 2.56. The number of fused-ring (bicyclic) bond motifs is 2. The van der Waals surface area contributed by atoms with E-state index in [2.05, 4.69) is 0 Å². The van der Waals surface area contributed by atoms with Crippen molar-refractivity contribution in [2.24, 2.45) is 0 Å². The zero-order valence-corrected chi connectivity index (χ0v) is 11.2. The van der Waals surface area contributed by atoms with E-state index in [0.717, 1.165) is 12.8 Å². The van der Waals surface area contributed by atoms with Gasteiger partial charge in [0.2, 0.25) is 0 Å². The number of halogens is 1. The van der Waals surface area contributed by atoms with Gasteiger partial charge in [0.1, 0.15) is 11.0 Å². The first-order valence-electron chi connectivity index (χ1n) is 5.98. The van der Waals surface area contributed by atoms with Crippen molar-refractivity contribution in [3.05, 3.63) is 0 Å². The highest BCUT2D eigenvalue weighted by Crippen LogP contribution is 2.37. The Balaban J connectivity index is 2.12. The third kappa shape index (κ3) is 2.41. The molecule has 2 bridgehead atoms. The maximum atomic E-state index is 12.1. The molecule has 0 spiro atoms. The highest BCUT2D eigenvalue weighted by Gasteiger charge is 2.49. The molecule has 0 aromatic heterocycles. The lowest BCUT2D eigenvalue weighted by molar-refractivity contribution is -0.122. The second kappa shape index (κ2) is 4.16. The fourth-order valence-corrected chi connectivity index (χ4v) is 2.89. The summed E-state index contributed by atoms with van der Waals surface area (Å²) in [5, 5.41) is -0.568. The Labute approximate surface area is 106 Å². The van der Waals surface area contributed by atoms with Crippen LogP contribution in [0.25, 0.3) is 0 Å². The van der Waals surface area contributed by atoms with Crippen LogP contribution in [-0.4, -0.2) is 39.8 Å². The summed E-state index contributed by atoms with van der Waals surface area (Å²) in [7, 11) is 0. The molecule has 1 amide bonds. The van der Waals surface area contributed by atoms with Crippen molar-refractivity contribution >= 4 is 23.5 Å². The average Bonchev–Trinajstić information content (AvgIpc) is 2.51. The molecule has 3 atom stereocenters. The predicted octanol–water partition coefficient (Wildman–Crippen LogP) is 2.33. The van der Waals surface area contributed by atoms with E-state index >= 15 is 0 Å². The second-order valence-electron chi connectivity index (χ2n) is 5.76. The number of nitrogens with zero attached hydrogens (tertiary/aromatic N) is 1. The maximum absolute atomic E-state index is 12.1. The summed E-state index contributed by atoms with van der Waals surface area (Å²) >= 11 is 6.07. The quantitative estimate of drug-likeness (QED) is 0.628. The van der Waals surface area contributed by atoms with E-state index in [1.165, 1.54) is 0 Å². The van der Waals surface area contributed by atoms with Gasteiger partial charge in [0, 0.05) is 12.5 Å². The van der Waals surface area contributed by atoms with Gasteiger partial charge in [-0.3, -0.25) is 9.69 Å². The normalized spacial score (nSPS) is 32.8. The zero-order valence-electron chi connectivity index (χ0n) is 10.4. The van der Waals surface area contributed by atoms with Crippen LogP contribution < -0.4 is 0 Å². The molecule has 2 aliphatic rings. The summed E-state index contributed by atoms with van der Waals surface area (Å²) in [5.41, 5.74) is -0.514. The fraction of sp³-hybridized carbons (Fsp3) is 0.833. The van der Waals surface area contributed by atoms with E-state index in [1.807, 2.05) is 20.8 Å². The number of hydrogen-bond acceptors (Lipinski definition) is 3. The van der Waals surface area contributed by atoms with Crippen molar-refractivity contribution in [1.29, 1.82) is 0 Å². The summed E-state index contributed by atoms with van der Waals surface area (Å²) in [6, 6.07) is -0.199. The largest absolute Gasteiger partial charge is 0.444 e. The van der Waals surface area contributed by atoms with Crippen molar-refractivity contribution in [1.82, 2.24) is 4.90 Å². The summed E-state index contributed by atoms with van der Waals surface area (Å²) in [6.07, 6.45) is 1.66. The van der Waals surface area contributed by atoms with Gasteiger partial charge in [-0.1, -0.05) is 0 Å². The van der Waals surface area contributed by atoms with E-state index in [0.29, 0.717) is 6.42 Å². The summed E-state index contributed by atoms with van der Waals surface area (Å²) < 4.78 is 5.36. The predicted molar refractivity (Wildman–Crippen MR) is 64.1 cm³/mol. The molecule has 2 rings (SSSR count). The van der Waals surface area contributed by atoms with Gasteiger partial charge >= 0.3 is 6.09 Å². The van der Waals surface area contributed by atoms with Crippen molar-refractivity contribution in [2.75, 3.05) is 0 Å². The zero-order chi connectivity index (χ0) is 12.8. The SMILES string of the molecule is CC(C)(C)OC(=O)N1C2CCC1C(Cl)C(=O)C2. The first-order chi connectivity index (χ1) is 7.79. The number of Topliss-reactive ketones (excluding diaryl/α,β-unsaturated/α-hetero) is 1. The summed E-state index contributed by atoms with van der Waals surface area (Å²) in [6.45, 7) is 5.50. The number of ether oxygens (including phenoxy) is 1. The minimum atomic E-state index is -0.568. The van der Waals surface area contributed by atoms with E-state index in [1.54, 1.807) is 4.90 Å². The number of ketones is 1. The molecule has 17 heavy (non-hydrogen) atoms. The number of hydrogen-bond donors (Lipinski definition) is 0. The summed E-state index contributed by atoms with van der Waals surface area (Å²) in [4.78, 5) is 25.3. The van der Waals surface area contributed by atoms with Crippen LogP contribution in [0, 0.1) is 0 Å². The third-order valence-electron chi connectivity index (χ3n) is 3.23. The molecule has 3 unspecified atom stereocenters. The van der Waals surface area contributed by atoms with Crippen LogP contribution in [0.3, 0.4) is 0 Å². The van der Waals surface area contributed by atoms with Gasteiger partial charge < -0.3 is 4.74 Å². The Morgan fingerprint density at radius 1 is 1.41 bits per heavy atom. The van der Waals surface area contributed by atoms with Gasteiger partial charge in [0.05, 0.1) is 6.04 Å². The Hall–Kier alpha value is -0.770. The minimum Gasteiger partial charge on any atom is -0.444 e. The molecular formula is C12H18ClNO3. The lowest BCUT2D eigenvalue weighted by atomic mass is 10.0. The molecule has 2 aliphatic heterocycles. The molecule has 2 fully saturated rings. The molecule has 0 radical (unpaired) electrons. The van der Waals surface area contributed by atoms with Crippen LogP contribution >= 0.6 is 11.6 Å². The lowest BCUT2D eigenvalue weighted by Crippen LogP contribution is -2.53. The van der Waals surface area contributed by atoms with Crippen molar-refractivity contribution in [3.8, 4) is 0 Å². The van der Waals surface area contributed by atoms with E-state index in [-0.39, 0.29) is 24.0 Å². The molecule has 0 aromatic rings. The maximum Gasteiger partial charge on any atom is 0.410 e. The average molecular weight is 260 g/mol. The number of rotatable bonds is 0. The molecule has 5 heteroatoms. The van der Waals surface area contributed by atoms with Gasteiger partial charge in [-0.15, -0.1) is 11.6 Å². The number of carbonyl (C=O) groups excluding carboxylic acids is 2. The molecule has 96 valence electrons. The second-order valence-corrected chi connectivity index (χ2v) is 6.23. The first-order valence-corrected chi connectivity index (χ1v) is 6.41. The molecule has 0 N–H and O–H groups in total. The number of carbonyl (C=O) groups is 2. The van der Waals surface area contributed by atoms with Crippen molar-refractivity contribution < 1.29 is 14.3 Å². The molecule has 2 heterocycles. The van der Waals surface area contributed by atoms with Crippen molar-refractivity contribution in [2.45, 2.75) is 63.1 Å². The smallest absolute Gasteiger partial charge is 0.410 e. The third-order valence-corrected chi connectivity index (χ3v) is 3.77. The lowest BCUT2D eigenvalue weighted by Gasteiger charge is -2.37. The Bertz CT molecular complexity index is 350.